The van der Waals surface area contributed by atoms with Crippen LogP contribution in [0.4, 0.5) is 5.69 Å². The molecule has 2 rings (SSSR count). The first kappa shape index (κ1) is 10.4. The van der Waals surface area contributed by atoms with Gasteiger partial charge in [-0.3, -0.25) is 0 Å². The Bertz CT molecular complexity index is 391. The number of anilines is 1. The van der Waals surface area contributed by atoms with Gasteiger partial charge in [0, 0.05) is 10.2 Å². The molecule has 0 saturated carbocycles. The van der Waals surface area contributed by atoms with Crippen LogP contribution < -0.4 is 5.73 Å². The van der Waals surface area contributed by atoms with Crippen LogP contribution in [0, 0.1) is 0 Å². The van der Waals surface area contributed by atoms with E-state index in [1.807, 2.05) is 24.3 Å². The molecular weight excluding hydrogens is 249 g/mol. The molecule has 0 aliphatic heterocycles. The van der Waals surface area contributed by atoms with E-state index >= 15 is 0 Å². The van der Waals surface area contributed by atoms with Crippen molar-refractivity contribution in [1.82, 2.24) is 0 Å². The summed E-state index contributed by atoms with van der Waals surface area (Å²) in [6, 6.07) is 12.1. The molecule has 0 amide bonds. The minimum atomic E-state index is 0. The van der Waals surface area contributed by atoms with E-state index in [1.165, 1.54) is 10.8 Å². The van der Waals surface area contributed by atoms with Gasteiger partial charge >= 0.3 is 0 Å². The molecule has 0 aliphatic carbocycles. The lowest BCUT2D eigenvalue weighted by atomic mass is 10.1. The van der Waals surface area contributed by atoms with Crippen molar-refractivity contribution in [3.05, 3.63) is 40.9 Å². The highest BCUT2D eigenvalue weighted by atomic mass is 79.9. The Hall–Kier alpha value is -0.730. The van der Waals surface area contributed by atoms with Gasteiger partial charge in [-0.2, -0.15) is 0 Å². The Morgan fingerprint density at radius 1 is 0.923 bits per heavy atom. The molecule has 2 aromatic rings. The Labute approximate surface area is 91.5 Å². The predicted octanol–water partition coefficient (Wildman–Crippen LogP) is 3.61. The summed E-state index contributed by atoms with van der Waals surface area (Å²) in [5, 5.41) is 2.39. The minimum absolute atomic E-state index is 0. The lowest BCUT2D eigenvalue weighted by Crippen LogP contribution is -1.83. The summed E-state index contributed by atoms with van der Waals surface area (Å²) in [7, 11) is 0. The van der Waals surface area contributed by atoms with E-state index in [-0.39, 0.29) is 12.4 Å². The molecule has 1 nitrogen and oxygen atoms in total. The Morgan fingerprint density at radius 3 is 2.38 bits per heavy atom. The van der Waals surface area contributed by atoms with Gasteiger partial charge in [0.05, 0.1) is 0 Å². The molecule has 0 heterocycles. The van der Waals surface area contributed by atoms with Crippen LogP contribution in [0.25, 0.3) is 10.8 Å². The van der Waals surface area contributed by atoms with Gasteiger partial charge in [0.15, 0.2) is 0 Å². The smallest absolute Gasteiger partial charge is 0.0320 e. The number of halogens is 2. The highest BCUT2D eigenvalue weighted by molar-refractivity contribution is 9.10. The predicted molar refractivity (Wildman–Crippen MR) is 63.3 cm³/mol. The van der Waals surface area contributed by atoms with Crippen LogP contribution in [0.3, 0.4) is 0 Å². The first-order valence-electron chi connectivity index (χ1n) is 3.70. The quantitative estimate of drug-likeness (QED) is 0.718. The molecule has 0 aromatic heterocycles. The second-order valence-electron chi connectivity index (χ2n) is 2.75. The zero-order chi connectivity index (χ0) is 8.55. The Balaban J connectivity index is 0.000000845. The van der Waals surface area contributed by atoms with Crippen LogP contribution >= 0.6 is 28.3 Å². The van der Waals surface area contributed by atoms with Gasteiger partial charge in [-0.15, -0.1) is 12.4 Å². The second-order valence-corrected chi connectivity index (χ2v) is 3.67. The highest BCUT2D eigenvalue weighted by Gasteiger charge is 1.93. The van der Waals surface area contributed by atoms with Crippen molar-refractivity contribution in [1.29, 1.82) is 0 Å². The molecule has 13 heavy (non-hydrogen) atoms. The summed E-state index contributed by atoms with van der Waals surface area (Å²) in [4.78, 5) is 0. The van der Waals surface area contributed by atoms with E-state index in [1.54, 1.807) is 0 Å². The van der Waals surface area contributed by atoms with Crippen LogP contribution in [0.1, 0.15) is 0 Å². The van der Waals surface area contributed by atoms with Crippen molar-refractivity contribution in [2.24, 2.45) is 0 Å². The molecule has 0 fully saturated rings. The normalized spacial score (nSPS) is 9.62. The van der Waals surface area contributed by atoms with Gasteiger partial charge in [0.2, 0.25) is 0 Å². The van der Waals surface area contributed by atoms with E-state index < -0.39 is 0 Å². The largest absolute Gasteiger partial charge is 0.399 e. The maximum absolute atomic E-state index is 5.66. The average molecular weight is 259 g/mol. The lowest BCUT2D eigenvalue weighted by molar-refractivity contribution is 1.69. The second kappa shape index (κ2) is 3.99. The lowest BCUT2D eigenvalue weighted by Gasteiger charge is -1.99. The maximum atomic E-state index is 5.66. The summed E-state index contributed by atoms with van der Waals surface area (Å²) in [6.07, 6.45) is 0. The third-order valence-corrected chi connectivity index (χ3v) is 2.32. The maximum Gasteiger partial charge on any atom is 0.0320 e. The number of hydrogen-bond donors (Lipinski definition) is 1. The average Bonchev–Trinajstić information content (AvgIpc) is 2.03. The van der Waals surface area contributed by atoms with Gasteiger partial charge < -0.3 is 5.73 Å². The van der Waals surface area contributed by atoms with Crippen molar-refractivity contribution < 1.29 is 0 Å². The Morgan fingerprint density at radius 2 is 1.62 bits per heavy atom. The number of hydrogen-bond acceptors (Lipinski definition) is 1. The number of fused-ring (bicyclic) bond motifs is 1. The van der Waals surface area contributed by atoms with Crippen LogP contribution in [0.15, 0.2) is 40.9 Å². The molecule has 3 heteroatoms. The molecule has 0 aliphatic rings. The summed E-state index contributed by atoms with van der Waals surface area (Å²) < 4.78 is 1.08. The summed E-state index contributed by atoms with van der Waals surface area (Å²) >= 11 is 3.42. The van der Waals surface area contributed by atoms with Crippen LogP contribution in [0.5, 0.6) is 0 Å². The summed E-state index contributed by atoms with van der Waals surface area (Å²) in [6.45, 7) is 0. The standard InChI is InChI=1S/C10H8BrN.ClH/c11-9-3-1-7-2-4-10(12)6-8(7)5-9;/h1-6H,12H2;1H. The molecule has 0 spiro atoms. The number of nitrogens with two attached hydrogens (primary N) is 1. The fourth-order valence-corrected chi connectivity index (χ4v) is 1.61. The Kier molecular flexibility index (Phi) is 3.17. The van der Waals surface area contributed by atoms with E-state index in [0.29, 0.717) is 0 Å². The van der Waals surface area contributed by atoms with Gasteiger partial charge in [0.1, 0.15) is 0 Å². The van der Waals surface area contributed by atoms with Gasteiger partial charge in [-0.25, -0.2) is 0 Å². The molecule has 0 radical (unpaired) electrons. The van der Waals surface area contributed by atoms with Crippen molar-refractivity contribution in [2.75, 3.05) is 5.73 Å². The van der Waals surface area contributed by atoms with Crippen LogP contribution in [-0.4, -0.2) is 0 Å². The zero-order valence-corrected chi connectivity index (χ0v) is 9.23. The molecule has 0 unspecified atom stereocenters. The summed E-state index contributed by atoms with van der Waals surface area (Å²) in [5.74, 6) is 0. The monoisotopic (exact) mass is 257 g/mol. The SMILES string of the molecule is Cl.Nc1ccc2ccc(Br)cc2c1. The van der Waals surface area contributed by atoms with Crippen molar-refractivity contribution in [2.45, 2.75) is 0 Å². The number of benzene rings is 2. The van der Waals surface area contributed by atoms with E-state index in [2.05, 4.69) is 28.1 Å². The first-order valence-corrected chi connectivity index (χ1v) is 4.50. The van der Waals surface area contributed by atoms with E-state index in [4.69, 9.17) is 5.73 Å². The van der Waals surface area contributed by atoms with Gasteiger partial charge in [0.25, 0.3) is 0 Å². The number of nitrogen functional groups attached to an aromatic ring is 1. The van der Waals surface area contributed by atoms with Gasteiger partial charge in [-0.1, -0.05) is 28.1 Å². The van der Waals surface area contributed by atoms with Crippen molar-refractivity contribution in [3.8, 4) is 0 Å². The highest BCUT2D eigenvalue weighted by Crippen LogP contribution is 2.21. The summed E-state index contributed by atoms with van der Waals surface area (Å²) in [5.41, 5.74) is 6.46. The zero-order valence-electron chi connectivity index (χ0n) is 6.83. The molecule has 2 N–H and O–H groups in total. The molecular formula is C10H9BrClN. The molecule has 0 saturated heterocycles. The van der Waals surface area contributed by atoms with Crippen LogP contribution in [0.2, 0.25) is 0 Å². The van der Waals surface area contributed by atoms with E-state index in [9.17, 15) is 0 Å². The molecule has 2 aromatic carbocycles. The third-order valence-electron chi connectivity index (χ3n) is 1.83. The minimum Gasteiger partial charge on any atom is -0.399 e. The number of rotatable bonds is 0. The van der Waals surface area contributed by atoms with Crippen molar-refractivity contribution in [3.63, 3.8) is 0 Å². The van der Waals surface area contributed by atoms with E-state index in [0.717, 1.165) is 10.2 Å². The first-order chi connectivity index (χ1) is 5.75. The molecule has 0 bridgehead atoms. The fourth-order valence-electron chi connectivity index (χ4n) is 1.24. The topological polar surface area (TPSA) is 26.0 Å². The third kappa shape index (κ3) is 2.14. The van der Waals surface area contributed by atoms with Crippen molar-refractivity contribution >= 4 is 44.8 Å². The fraction of sp³-hybridized carbons (Fsp3) is 0. The van der Waals surface area contributed by atoms with Crippen LogP contribution in [-0.2, 0) is 0 Å². The molecule has 0 atom stereocenters. The van der Waals surface area contributed by atoms with Gasteiger partial charge in [-0.05, 0) is 35.0 Å². The molecule has 68 valence electrons.